The fraction of sp³-hybridized carbons (Fsp3) is 0.0278. The number of hydrogen-bond donors (Lipinski definition) is 0. The SMILES string of the molecule is Cc1cccc2c3ccccc3n(-c3ccccc3C3c4ccccc4-c4ccc(N(c5ccc(-c6ccccc6)cc5)c5ccc(-c6ccc(N(c7ccccc7)c7cccc8ccccc78)cc6)cc5)cc43)c12. The lowest BCUT2D eigenvalue weighted by molar-refractivity contribution is 0.981. The monoisotopic (exact) mass is 957 g/mol. The predicted molar refractivity (Wildman–Crippen MR) is 316 cm³/mol. The fourth-order valence-electron chi connectivity index (χ4n) is 11.9. The van der Waals surface area contributed by atoms with Gasteiger partial charge in [-0.1, -0.05) is 206 Å². The van der Waals surface area contributed by atoms with Gasteiger partial charge in [-0.2, -0.15) is 0 Å². The minimum atomic E-state index is -0.00124. The molecule has 1 aromatic heterocycles. The average molecular weight is 958 g/mol. The molecule has 0 fully saturated rings. The van der Waals surface area contributed by atoms with Crippen LogP contribution in [-0.4, -0.2) is 4.57 Å². The summed E-state index contributed by atoms with van der Waals surface area (Å²) in [5.74, 6) is -0.00124. The molecule has 12 aromatic carbocycles. The number of para-hydroxylation sites is 4. The largest absolute Gasteiger partial charge is 0.310 e. The number of aryl methyl sites for hydroxylation is 1. The van der Waals surface area contributed by atoms with E-state index in [2.05, 4.69) is 306 Å². The molecule has 0 aliphatic heterocycles. The molecule has 75 heavy (non-hydrogen) atoms. The van der Waals surface area contributed by atoms with Gasteiger partial charge in [0.05, 0.1) is 22.4 Å². The first-order valence-electron chi connectivity index (χ1n) is 25.9. The highest BCUT2D eigenvalue weighted by molar-refractivity contribution is 6.10. The van der Waals surface area contributed by atoms with Crippen LogP contribution in [0.2, 0.25) is 0 Å². The zero-order valence-corrected chi connectivity index (χ0v) is 41.6. The van der Waals surface area contributed by atoms with E-state index in [-0.39, 0.29) is 5.92 Å². The van der Waals surface area contributed by atoms with Gasteiger partial charge in [0, 0.05) is 50.5 Å². The Morgan fingerprint density at radius 1 is 0.320 bits per heavy atom. The Labute approximate surface area is 438 Å². The van der Waals surface area contributed by atoms with Gasteiger partial charge in [-0.3, -0.25) is 0 Å². The third-order valence-electron chi connectivity index (χ3n) is 15.4. The lowest BCUT2D eigenvalue weighted by Gasteiger charge is -2.28. The van der Waals surface area contributed by atoms with Crippen LogP contribution in [0.3, 0.4) is 0 Å². The van der Waals surface area contributed by atoms with Crippen LogP contribution >= 0.6 is 0 Å². The summed E-state index contributed by atoms with van der Waals surface area (Å²) in [6, 6.07) is 104. The van der Waals surface area contributed by atoms with Crippen LogP contribution in [0.5, 0.6) is 0 Å². The second-order valence-electron chi connectivity index (χ2n) is 19.7. The zero-order chi connectivity index (χ0) is 49.8. The van der Waals surface area contributed by atoms with Crippen molar-refractivity contribution in [3.05, 3.63) is 307 Å². The Bertz CT molecular complexity index is 4230. The predicted octanol–water partition coefficient (Wildman–Crippen LogP) is 19.7. The second-order valence-corrected chi connectivity index (χ2v) is 19.7. The summed E-state index contributed by atoms with van der Waals surface area (Å²) in [5, 5.41) is 4.97. The molecular weight excluding hydrogens is 907 g/mol. The number of benzene rings is 12. The van der Waals surface area contributed by atoms with Crippen LogP contribution in [0.4, 0.5) is 34.1 Å². The van der Waals surface area contributed by atoms with Crippen molar-refractivity contribution in [2.75, 3.05) is 9.80 Å². The van der Waals surface area contributed by atoms with E-state index >= 15 is 0 Å². The standard InChI is InChI=1S/C72H51N3/c1-49-18-16-30-65-63-27-12-14-31-69(63)75(72(49)65)70-32-15-13-29-66(70)71-64-28-11-10-26-61(64)62-47-46-59(48-67(62)71)73(56-40-34-51(35-41-56)50-19-4-2-5-20-50)57-42-36-52(37-43-57)53-38-44-58(45-39-53)74(55-23-6-3-7-24-55)68-33-17-22-54-21-8-9-25-60(54)68/h2-48,71H,1H3. The van der Waals surface area contributed by atoms with Crippen LogP contribution in [0.25, 0.3) is 71.6 Å². The van der Waals surface area contributed by atoms with Crippen molar-refractivity contribution >= 4 is 66.7 Å². The molecule has 0 bridgehead atoms. The second kappa shape index (κ2) is 18.4. The molecule has 354 valence electrons. The van der Waals surface area contributed by atoms with E-state index < -0.39 is 0 Å². The first-order valence-corrected chi connectivity index (χ1v) is 25.9. The molecule has 13 aromatic rings. The summed E-state index contributed by atoms with van der Waals surface area (Å²) in [5.41, 5.74) is 22.8. The van der Waals surface area contributed by atoms with Crippen LogP contribution in [0, 0.1) is 6.92 Å². The van der Waals surface area contributed by atoms with Gasteiger partial charge in [0.2, 0.25) is 0 Å². The van der Waals surface area contributed by atoms with Crippen LogP contribution in [0.1, 0.15) is 28.2 Å². The lowest BCUT2D eigenvalue weighted by Crippen LogP contribution is -2.11. The average Bonchev–Trinajstić information content (AvgIpc) is 4.00. The summed E-state index contributed by atoms with van der Waals surface area (Å²) in [7, 11) is 0. The third kappa shape index (κ3) is 7.59. The molecule has 14 rings (SSSR count). The summed E-state index contributed by atoms with van der Waals surface area (Å²) in [4.78, 5) is 4.78. The Hall–Kier alpha value is -9.70. The third-order valence-corrected chi connectivity index (χ3v) is 15.4. The number of anilines is 6. The van der Waals surface area contributed by atoms with Crippen molar-refractivity contribution in [3.63, 3.8) is 0 Å². The summed E-state index contributed by atoms with van der Waals surface area (Å²) in [6.07, 6.45) is 0. The minimum absolute atomic E-state index is 0.00124. The molecule has 1 aliphatic rings. The van der Waals surface area contributed by atoms with Crippen molar-refractivity contribution in [2.24, 2.45) is 0 Å². The van der Waals surface area contributed by atoms with Crippen LogP contribution in [0.15, 0.2) is 285 Å². The molecular formula is C72H51N3. The first-order chi connectivity index (χ1) is 37.1. The van der Waals surface area contributed by atoms with E-state index in [0.29, 0.717) is 0 Å². The van der Waals surface area contributed by atoms with Gasteiger partial charge in [-0.25, -0.2) is 0 Å². The van der Waals surface area contributed by atoms with Gasteiger partial charge >= 0.3 is 0 Å². The zero-order valence-electron chi connectivity index (χ0n) is 41.6. The number of aromatic nitrogens is 1. The van der Waals surface area contributed by atoms with Gasteiger partial charge in [-0.15, -0.1) is 0 Å². The van der Waals surface area contributed by atoms with E-state index in [1.54, 1.807) is 0 Å². The molecule has 1 aliphatic carbocycles. The highest BCUT2D eigenvalue weighted by Crippen LogP contribution is 2.52. The lowest BCUT2D eigenvalue weighted by atomic mass is 9.87. The molecule has 0 saturated heterocycles. The van der Waals surface area contributed by atoms with E-state index in [1.165, 1.54) is 82.8 Å². The molecule has 1 unspecified atom stereocenters. The number of nitrogens with zero attached hydrogens (tertiary/aromatic N) is 3. The number of fused-ring (bicyclic) bond motifs is 7. The van der Waals surface area contributed by atoms with Gasteiger partial charge in [0.15, 0.2) is 0 Å². The van der Waals surface area contributed by atoms with Gasteiger partial charge < -0.3 is 14.4 Å². The Kier molecular flexibility index (Phi) is 10.8. The highest BCUT2D eigenvalue weighted by Gasteiger charge is 2.33. The molecule has 0 spiro atoms. The van der Waals surface area contributed by atoms with Gasteiger partial charge in [-0.05, 0) is 147 Å². The van der Waals surface area contributed by atoms with Crippen molar-refractivity contribution < 1.29 is 0 Å². The van der Waals surface area contributed by atoms with Crippen LogP contribution < -0.4 is 9.80 Å². The van der Waals surface area contributed by atoms with Gasteiger partial charge in [0.1, 0.15) is 0 Å². The van der Waals surface area contributed by atoms with Crippen molar-refractivity contribution in [3.8, 4) is 39.1 Å². The molecule has 1 atom stereocenters. The maximum absolute atomic E-state index is 2.51. The van der Waals surface area contributed by atoms with Gasteiger partial charge in [0.25, 0.3) is 0 Å². The molecule has 0 N–H and O–H groups in total. The summed E-state index contributed by atoms with van der Waals surface area (Å²) < 4.78 is 2.51. The van der Waals surface area contributed by atoms with Crippen LogP contribution in [-0.2, 0) is 0 Å². The summed E-state index contributed by atoms with van der Waals surface area (Å²) >= 11 is 0. The normalized spacial score (nSPS) is 12.7. The molecule has 0 saturated carbocycles. The molecule has 0 radical (unpaired) electrons. The Morgan fingerprint density at radius 2 is 0.813 bits per heavy atom. The minimum Gasteiger partial charge on any atom is -0.310 e. The maximum atomic E-state index is 2.51. The highest BCUT2D eigenvalue weighted by atomic mass is 15.1. The Morgan fingerprint density at radius 3 is 1.53 bits per heavy atom. The van der Waals surface area contributed by atoms with Crippen molar-refractivity contribution in [1.82, 2.24) is 4.57 Å². The van der Waals surface area contributed by atoms with E-state index in [1.807, 2.05) is 0 Å². The topological polar surface area (TPSA) is 11.4 Å². The quantitative estimate of drug-likeness (QED) is 0.135. The van der Waals surface area contributed by atoms with E-state index in [4.69, 9.17) is 0 Å². The summed E-state index contributed by atoms with van der Waals surface area (Å²) in [6.45, 7) is 2.24. The molecule has 1 heterocycles. The van der Waals surface area contributed by atoms with E-state index in [0.717, 1.165) is 45.3 Å². The number of rotatable bonds is 10. The van der Waals surface area contributed by atoms with Crippen molar-refractivity contribution in [1.29, 1.82) is 0 Å². The fourth-order valence-corrected chi connectivity index (χ4v) is 11.9. The molecule has 0 amide bonds. The van der Waals surface area contributed by atoms with Crippen molar-refractivity contribution in [2.45, 2.75) is 12.8 Å². The molecule has 3 heteroatoms. The Balaban J connectivity index is 0.874. The number of hydrogen-bond acceptors (Lipinski definition) is 2. The maximum Gasteiger partial charge on any atom is 0.0570 e. The smallest absolute Gasteiger partial charge is 0.0570 e. The first kappa shape index (κ1) is 44.0. The van der Waals surface area contributed by atoms with E-state index in [9.17, 15) is 0 Å². The molecule has 3 nitrogen and oxygen atoms in total.